The summed E-state index contributed by atoms with van der Waals surface area (Å²) >= 11 is 1.32. The van der Waals surface area contributed by atoms with Crippen LogP contribution in [0.2, 0.25) is 0 Å². The van der Waals surface area contributed by atoms with E-state index in [1.165, 1.54) is 35.6 Å². The number of rotatable bonds is 7. The van der Waals surface area contributed by atoms with Gasteiger partial charge in [0.05, 0.1) is 11.1 Å². The van der Waals surface area contributed by atoms with Gasteiger partial charge in [0.1, 0.15) is 5.00 Å². The molecule has 3 aromatic rings. The van der Waals surface area contributed by atoms with Crippen LogP contribution in [-0.2, 0) is 6.42 Å². The van der Waals surface area contributed by atoms with Crippen LogP contribution < -0.4 is 10.6 Å². The van der Waals surface area contributed by atoms with Crippen LogP contribution in [0, 0.1) is 6.92 Å². The molecule has 3 rings (SSSR count). The highest BCUT2D eigenvalue weighted by atomic mass is 32.1. The number of carboxylic acids is 1. The van der Waals surface area contributed by atoms with Gasteiger partial charge in [-0.05, 0) is 49.2 Å². The molecule has 0 aliphatic heterocycles. The van der Waals surface area contributed by atoms with Crippen molar-refractivity contribution in [1.82, 2.24) is 5.32 Å². The van der Waals surface area contributed by atoms with Crippen molar-refractivity contribution in [3.05, 3.63) is 87.8 Å². The summed E-state index contributed by atoms with van der Waals surface area (Å²) in [6.45, 7) is 2.35. The quantitative estimate of drug-likeness (QED) is 0.551. The maximum Gasteiger partial charge on any atom is 0.335 e. The Hall–Kier alpha value is -3.45. The Bertz CT molecular complexity index is 1030. The first-order valence-electron chi connectivity index (χ1n) is 9.01. The maximum atomic E-state index is 12.6. The van der Waals surface area contributed by atoms with E-state index in [2.05, 4.69) is 10.6 Å². The van der Waals surface area contributed by atoms with E-state index in [9.17, 15) is 14.4 Å². The summed E-state index contributed by atoms with van der Waals surface area (Å²) in [5, 5.41) is 15.1. The molecule has 7 heteroatoms. The molecule has 1 heterocycles. The molecule has 0 bridgehead atoms. The molecule has 2 amide bonds. The third kappa shape index (κ3) is 5.30. The molecule has 0 fully saturated rings. The fourth-order valence-electron chi connectivity index (χ4n) is 2.78. The van der Waals surface area contributed by atoms with Crippen LogP contribution in [0.4, 0.5) is 5.00 Å². The van der Waals surface area contributed by atoms with E-state index < -0.39 is 11.9 Å². The molecule has 148 valence electrons. The predicted octanol–water partition coefficient (Wildman–Crippen LogP) is 3.98. The van der Waals surface area contributed by atoms with Gasteiger partial charge in [0.25, 0.3) is 11.8 Å². The zero-order valence-electron chi connectivity index (χ0n) is 15.8. The molecule has 2 aromatic carbocycles. The van der Waals surface area contributed by atoms with Crippen LogP contribution in [0.15, 0.2) is 60.7 Å². The molecular weight excluding hydrogens is 388 g/mol. The molecular formula is C22H20N2O4S. The first kappa shape index (κ1) is 20.3. The second-order valence-corrected chi connectivity index (χ2v) is 7.68. The lowest BCUT2D eigenvalue weighted by atomic mass is 10.1. The van der Waals surface area contributed by atoms with E-state index >= 15 is 0 Å². The second kappa shape index (κ2) is 9.16. The average molecular weight is 408 g/mol. The Morgan fingerprint density at radius 2 is 1.59 bits per heavy atom. The molecule has 0 saturated heterocycles. The minimum absolute atomic E-state index is 0.104. The highest BCUT2D eigenvalue weighted by molar-refractivity contribution is 7.16. The average Bonchev–Trinajstić information content (AvgIpc) is 3.09. The number of amides is 2. The summed E-state index contributed by atoms with van der Waals surface area (Å²) in [5.74, 6) is -1.70. The molecule has 0 aliphatic rings. The number of carbonyl (C=O) groups excluding carboxylic acids is 2. The number of carbonyl (C=O) groups is 3. The Morgan fingerprint density at radius 3 is 2.24 bits per heavy atom. The molecule has 0 unspecified atom stereocenters. The predicted molar refractivity (Wildman–Crippen MR) is 113 cm³/mol. The van der Waals surface area contributed by atoms with Crippen LogP contribution in [0.1, 0.15) is 41.5 Å². The van der Waals surface area contributed by atoms with Crippen molar-refractivity contribution in [2.45, 2.75) is 13.3 Å². The molecule has 0 saturated carbocycles. The third-order valence-corrected chi connectivity index (χ3v) is 5.23. The fraction of sp³-hybridized carbons (Fsp3) is 0.136. The summed E-state index contributed by atoms with van der Waals surface area (Å²) in [6, 6.07) is 17.2. The summed E-state index contributed by atoms with van der Waals surface area (Å²) < 4.78 is 0. The third-order valence-electron chi connectivity index (χ3n) is 4.26. The number of hydrogen-bond donors (Lipinski definition) is 3. The molecule has 3 N–H and O–H groups in total. The van der Waals surface area contributed by atoms with Crippen molar-refractivity contribution < 1.29 is 19.5 Å². The van der Waals surface area contributed by atoms with Crippen molar-refractivity contribution in [1.29, 1.82) is 0 Å². The minimum Gasteiger partial charge on any atom is -0.478 e. The molecule has 1 aromatic heterocycles. The monoisotopic (exact) mass is 408 g/mol. The van der Waals surface area contributed by atoms with Crippen molar-refractivity contribution in [2.75, 3.05) is 11.9 Å². The van der Waals surface area contributed by atoms with E-state index in [4.69, 9.17) is 5.11 Å². The number of nitrogens with one attached hydrogen (secondary N) is 2. The lowest BCUT2D eigenvalue weighted by Gasteiger charge is -2.08. The number of hydrogen-bond acceptors (Lipinski definition) is 4. The largest absolute Gasteiger partial charge is 0.478 e. The first-order chi connectivity index (χ1) is 13.9. The van der Waals surface area contributed by atoms with Crippen LogP contribution in [0.25, 0.3) is 0 Å². The molecule has 0 atom stereocenters. The first-order valence-corrected chi connectivity index (χ1v) is 9.83. The molecule has 0 aliphatic carbocycles. The zero-order chi connectivity index (χ0) is 20.8. The number of benzene rings is 2. The van der Waals surface area contributed by atoms with Crippen LogP contribution in [-0.4, -0.2) is 29.4 Å². The van der Waals surface area contributed by atoms with Gasteiger partial charge >= 0.3 is 5.97 Å². The lowest BCUT2D eigenvalue weighted by molar-refractivity contribution is 0.0696. The van der Waals surface area contributed by atoms with Crippen molar-refractivity contribution in [3.63, 3.8) is 0 Å². The number of thiophene rings is 1. The number of anilines is 1. The van der Waals surface area contributed by atoms with Gasteiger partial charge in [0.15, 0.2) is 0 Å². The summed E-state index contributed by atoms with van der Waals surface area (Å²) in [4.78, 5) is 36.9. The molecule has 0 radical (unpaired) electrons. The molecule has 29 heavy (non-hydrogen) atoms. The normalized spacial score (nSPS) is 10.4. The summed E-state index contributed by atoms with van der Waals surface area (Å²) in [6.07, 6.45) is 0.716. The van der Waals surface area contributed by atoms with E-state index in [1.807, 2.05) is 37.3 Å². The molecule has 0 spiro atoms. The van der Waals surface area contributed by atoms with Gasteiger partial charge in [-0.15, -0.1) is 11.3 Å². The number of carboxylic acid groups (broad SMARTS) is 1. The van der Waals surface area contributed by atoms with Crippen molar-refractivity contribution in [2.24, 2.45) is 0 Å². The van der Waals surface area contributed by atoms with E-state index in [1.54, 1.807) is 6.07 Å². The van der Waals surface area contributed by atoms with Gasteiger partial charge in [-0.3, -0.25) is 9.59 Å². The lowest BCUT2D eigenvalue weighted by Crippen LogP contribution is -2.26. The maximum absolute atomic E-state index is 12.6. The molecule has 6 nitrogen and oxygen atoms in total. The van der Waals surface area contributed by atoms with E-state index in [0.29, 0.717) is 29.1 Å². The highest BCUT2D eigenvalue weighted by Crippen LogP contribution is 2.28. The van der Waals surface area contributed by atoms with Gasteiger partial charge < -0.3 is 15.7 Å². The summed E-state index contributed by atoms with van der Waals surface area (Å²) in [7, 11) is 0. The fourth-order valence-corrected chi connectivity index (χ4v) is 3.68. The van der Waals surface area contributed by atoms with Gasteiger partial charge in [0, 0.05) is 17.0 Å². The minimum atomic E-state index is -1.06. The number of aryl methyl sites for hydroxylation is 1. The van der Waals surface area contributed by atoms with Crippen LogP contribution >= 0.6 is 11.3 Å². The SMILES string of the molecule is Cc1cc(C(=O)NCCc2ccccc2)c(NC(=O)c2ccc(C(=O)O)cc2)s1. The zero-order valence-corrected chi connectivity index (χ0v) is 16.6. The van der Waals surface area contributed by atoms with Crippen molar-refractivity contribution in [3.8, 4) is 0 Å². The van der Waals surface area contributed by atoms with Gasteiger partial charge in [-0.25, -0.2) is 4.79 Å². The number of aromatic carboxylic acids is 1. The van der Waals surface area contributed by atoms with Gasteiger partial charge in [-0.2, -0.15) is 0 Å². The second-order valence-electron chi connectivity index (χ2n) is 6.43. The van der Waals surface area contributed by atoms with Crippen LogP contribution in [0.3, 0.4) is 0 Å². The van der Waals surface area contributed by atoms with Gasteiger partial charge in [0.2, 0.25) is 0 Å². The smallest absolute Gasteiger partial charge is 0.335 e. The van der Waals surface area contributed by atoms with Crippen molar-refractivity contribution >= 4 is 34.1 Å². The standard InChI is InChI=1S/C22H20N2O4S/c1-14-13-18(20(26)23-12-11-15-5-3-2-4-6-15)21(29-14)24-19(25)16-7-9-17(10-8-16)22(27)28/h2-10,13H,11-12H2,1H3,(H,23,26)(H,24,25)(H,27,28). The Kier molecular flexibility index (Phi) is 6.41. The Morgan fingerprint density at radius 1 is 0.931 bits per heavy atom. The Labute approximate surface area is 172 Å². The highest BCUT2D eigenvalue weighted by Gasteiger charge is 2.17. The topological polar surface area (TPSA) is 95.5 Å². The summed E-state index contributed by atoms with van der Waals surface area (Å²) in [5.41, 5.74) is 1.96. The van der Waals surface area contributed by atoms with Crippen LogP contribution in [0.5, 0.6) is 0 Å². The Balaban J connectivity index is 1.65. The van der Waals surface area contributed by atoms with E-state index in [-0.39, 0.29) is 11.5 Å². The van der Waals surface area contributed by atoms with Gasteiger partial charge in [-0.1, -0.05) is 30.3 Å². The van der Waals surface area contributed by atoms with E-state index in [0.717, 1.165) is 10.4 Å².